The van der Waals surface area contributed by atoms with Gasteiger partial charge in [0.15, 0.2) is 0 Å². The van der Waals surface area contributed by atoms with E-state index in [9.17, 15) is 14.9 Å². The quantitative estimate of drug-likeness (QED) is 0.280. The standard InChI is InChI=1S/C28H22BrClN4O2S/c1-17-25(27(36)34-22-13-9-20(30)10-14-22)26(18-5-3-2-4-6-18)23(15-31)28(32-17)37-16-24(35)33-21-11-7-19(29)8-12-21/h2-14,26,32H,16H2,1H3,(H,33,35)(H,34,36). The van der Waals surface area contributed by atoms with E-state index in [1.54, 1.807) is 43.3 Å². The Balaban J connectivity index is 1.60. The zero-order chi connectivity index (χ0) is 26.4. The van der Waals surface area contributed by atoms with Crippen LogP contribution in [-0.2, 0) is 9.59 Å². The van der Waals surface area contributed by atoms with Crippen LogP contribution in [0.3, 0.4) is 0 Å². The van der Waals surface area contributed by atoms with Gasteiger partial charge in [-0.2, -0.15) is 5.26 Å². The first-order valence-electron chi connectivity index (χ1n) is 11.3. The second-order valence-electron chi connectivity index (χ2n) is 8.17. The summed E-state index contributed by atoms with van der Waals surface area (Å²) in [6.07, 6.45) is 0. The number of nitriles is 1. The Bertz CT molecular complexity index is 1420. The number of carbonyl (C=O) groups is 2. The topological polar surface area (TPSA) is 94.0 Å². The molecule has 0 saturated heterocycles. The number of anilines is 2. The minimum absolute atomic E-state index is 0.0880. The van der Waals surface area contributed by atoms with Gasteiger partial charge >= 0.3 is 0 Å². The lowest BCUT2D eigenvalue weighted by molar-refractivity contribution is -0.114. The number of halogens is 2. The van der Waals surface area contributed by atoms with Crippen LogP contribution in [0.2, 0.25) is 5.02 Å². The van der Waals surface area contributed by atoms with Crippen molar-refractivity contribution in [1.29, 1.82) is 5.26 Å². The normalized spacial score (nSPS) is 15.0. The number of nitrogens with one attached hydrogen (secondary N) is 3. The van der Waals surface area contributed by atoms with Gasteiger partial charge in [-0.3, -0.25) is 9.59 Å². The van der Waals surface area contributed by atoms with E-state index in [1.165, 1.54) is 11.8 Å². The first-order valence-corrected chi connectivity index (χ1v) is 13.4. The zero-order valence-corrected chi connectivity index (χ0v) is 22.9. The molecule has 0 fully saturated rings. The van der Waals surface area contributed by atoms with Crippen molar-refractivity contribution in [3.63, 3.8) is 0 Å². The Morgan fingerprint density at radius 3 is 2.27 bits per heavy atom. The summed E-state index contributed by atoms with van der Waals surface area (Å²) in [7, 11) is 0. The van der Waals surface area contributed by atoms with Crippen molar-refractivity contribution >= 4 is 62.5 Å². The highest BCUT2D eigenvalue weighted by molar-refractivity contribution is 9.10. The van der Waals surface area contributed by atoms with Crippen LogP contribution in [0.25, 0.3) is 0 Å². The van der Waals surface area contributed by atoms with Crippen LogP contribution in [0.4, 0.5) is 11.4 Å². The average Bonchev–Trinajstić information content (AvgIpc) is 2.90. The molecule has 3 aromatic rings. The molecule has 0 saturated carbocycles. The monoisotopic (exact) mass is 592 g/mol. The van der Waals surface area contributed by atoms with Gasteiger partial charge in [0.1, 0.15) is 0 Å². The SMILES string of the molecule is CC1=C(C(=O)Nc2ccc(Cl)cc2)C(c2ccccc2)C(C#N)=C(SCC(=O)Nc2ccc(Br)cc2)N1. The maximum absolute atomic E-state index is 13.5. The number of hydrogen-bond donors (Lipinski definition) is 3. The van der Waals surface area contributed by atoms with Crippen LogP contribution >= 0.6 is 39.3 Å². The van der Waals surface area contributed by atoms with Crippen LogP contribution in [0.1, 0.15) is 18.4 Å². The van der Waals surface area contributed by atoms with Gasteiger partial charge in [0, 0.05) is 32.1 Å². The lowest BCUT2D eigenvalue weighted by Crippen LogP contribution is -2.31. The van der Waals surface area contributed by atoms with Gasteiger partial charge in [0.05, 0.1) is 28.3 Å². The molecule has 3 aromatic carbocycles. The molecular weight excluding hydrogens is 572 g/mol. The largest absolute Gasteiger partial charge is 0.353 e. The molecule has 0 spiro atoms. The molecule has 9 heteroatoms. The van der Waals surface area contributed by atoms with Crippen LogP contribution in [0.5, 0.6) is 0 Å². The number of carbonyl (C=O) groups excluding carboxylic acids is 2. The highest BCUT2D eigenvalue weighted by atomic mass is 79.9. The van der Waals surface area contributed by atoms with Crippen molar-refractivity contribution in [3.05, 3.63) is 116 Å². The van der Waals surface area contributed by atoms with Crippen LogP contribution in [0.15, 0.2) is 105 Å². The van der Waals surface area contributed by atoms with Crippen molar-refractivity contribution in [1.82, 2.24) is 5.32 Å². The van der Waals surface area contributed by atoms with Gasteiger partial charge in [-0.15, -0.1) is 0 Å². The number of nitrogens with zero attached hydrogens (tertiary/aromatic N) is 1. The van der Waals surface area contributed by atoms with Crippen molar-refractivity contribution in [2.45, 2.75) is 12.8 Å². The first kappa shape index (κ1) is 26.6. The summed E-state index contributed by atoms with van der Waals surface area (Å²) in [4.78, 5) is 26.1. The van der Waals surface area contributed by atoms with E-state index in [4.69, 9.17) is 11.6 Å². The van der Waals surface area contributed by atoms with Crippen molar-refractivity contribution in [2.75, 3.05) is 16.4 Å². The number of dihydropyridines is 1. The molecule has 1 atom stereocenters. The summed E-state index contributed by atoms with van der Waals surface area (Å²) in [5.41, 5.74) is 3.49. The van der Waals surface area contributed by atoms with Crippen molar-refractivity contribution in [2.24, 2.45) is 0 Å². The lowest BCUT2D eigenvalue weighted by Gasteiger charge is -2.30. The van der Waals surface area contributed by atoms with Gasteiger partial charge < -0.3 is 16.0 Å². The Kier molecular flexibility index (Phi) is 8.72. The van der Waals surface area contributed by atoms with E-state index >= 15 is 0 Å². The fourth-order valence-corrected chi connectivity index (χ4v) is 5.19. The number of rotatable bonds is 7. The summed E-state index contributed by atoms with van der Waals surface area (Å²) < 4.78 is 0.917. The molecule has 4 rings (SSSR count). The number of amides is 2. The Hall–Kier alpha value is -3.51. The average molecular weight is 594 g/mol. The van der Waals surface area contributed by atoms with Crippen molar-refractivity contribution in [3.8, 4) is 6.07 Å². The van der Waals surface area contributed by atoms with Crippen molar-refractivity contribution < 1.29 is 9.59 Å². The van der Waals surface area contributed by atoms with E-state index in [0.717, 1.165) is 10.0 Å². The molecule has 0 radical (unpaired) electrons. The van der Waals surface area contributed by atoms with Crippen LogP contribution < -0.4 is 16.0 Å². The lowest BCUT2D eigenvalue weighted by atomic mass is 9.82. The van der Waals surface area contributed by atoms with E-state index in [2.05, 4.69) is 37.9 Å². The molecule has 0 bridgehead atoms. The van der Waals surface area contributed by atoms with E-state index in [-0.39, 0.29) is 17.6 Å². The summed E-state index contributed by atoms with van der Waals surface area (Å²) in [5, 5.41) is 20.3. The van der Waals surface area contributed by atoms with Gasteiger partial charge in [-0.1, -0.05) is 69.6 Å². The summed E-state index contributed by atoms with van der Waals surface area (Å²) in [6, 6.07) is 25.8. The summed E-state index contributed by atoms with van der Waals surface area (Å²) in [6.45, 7) is 1.79. The van der Waals surface area contributed by atoms with Crippen LogP contribution in [-0.4, -0.2) is 17.6 Å². The molecule has 186 valence electrons. The first-order chi connectivity index (χ1) is 17.9. The third-order valence-electron chi connectivity index (χ3n) is 5.60. The molecule has 1 aliphatic rings. The second-order valence-corrected chi connectivity index (χ2v) is 10.5. The fourth-order valence-electron chi connectivity index (χ4n) is 3.91. The Labute approximate surface area is 232 Å². The molecule has 0 aromatic heterocycles. The molecule has 1 heterocycles. The summed E-state index contributed by atoms with van der Waals surface area (Å²) in [5.74, 6) is -1.05. The second kappa shape index (κ2) is 12.2. The van der Waals surface area contributed by atoms with Gasteiger partial charge in [0.25, 0.3) is 5.91 Å². The molecule has 2 amide bonds. The van der Waals surface area contributed by atoms with E-state index in [0.29, 0.717) is 38.3 Å². The maximum atomic E-state index is 13.5. The van der Waals surface area contributed by atoms with Gasteiger partial charge in [-0.25, -0.2) is 0 Å². The maximum Gasteiger partial charge on any atom is 0.254 e. The minimum atomic E-state index is -0.600. The number of allylic oxidation sites excluding steroid dienone is 2. The molecule has 0 aliphatic carbocycles. The third kappa shape index (κ3) is 6.63. The highest BCUT2D eigenvalue weighted by Crippen LogP contribution is 2.41. The predicted octanol–water partition coefficient (Wildman–Crippen LogP) is 6.81. The minimum Gasteiger partial charge on any atom is -0.353 e. The Morgan fingerprint density at radius 1 is 1.00 bits per heavy atom. The molecule has 1 aliphatic heterocycles. The molecule has 37 heavy (non-hydrogen) atoms. The summed E-state index contributed by atoms with van der Waals surface area (Å²) >= 11 is 10.6. The smallest absolute Gasteiger partial charge is 0.254 e. The highest BCUT2D eigenvalue weighted by Gasteiger charge is 2.34. The van der Waals surface area contributed by atoms with E-state index in [1.807, 2.05) is 42.5 Å². The molecule has 1 unspecified atom stereocenters. The fraction of sp³-hybridized carbons (Fsp3) is 0.107. The molecule has 3 N–H and O–H groups in total. The zero-order valence-electron chi connectivity index (χ0n) is 19.7. The molecular formula is C28H22BrClN4O2S. The number of thioether (sulfide) groups is 1. The number of benzene rings is 3. The molecule has 6 nitrogen and oxygen atoms in total. The third-order valence-corrected chi connectivity index (χ3v) is 7.40. The number of hydrogen-bond acceptors (Lipinski definition) is 5. The predicted molar refractivity (Wildman–Crippen MR) is 153 cm³/mol. The van der Waals surface area contributed by atoms with E-state index < -0.39 is 5.92 Å². The van der Waals surface area contributed by atoms with Gasteiger partial charge in [0.2, 0.25) is 5.91 Å². The van der Waals surface area contributed by atoms with Crippen LogP contribution in [0, 0.1) is 11.3 Å². The Morgan fingerprint density at radius 2 is 1.62 bits per heavy atom. The van der Waals surface area contributed by atoms with Gasteiger partial charge in [-0.05, 0) is 61.0 Å².